The van der Waals surface area contributed by atoms with Crippen molar-refractivity contribution in [2.45, 2.75) is 122 Å². The minimum atomic E-state index is -0.860. The molecule has 45 heavy (non-hydrogen) atoms. The summed E-state index contributed by atoms with van der Waals surface area (Å²) in [6, 6.07) is 4.45. The van der Waals surface area contributed by atoms with E-state index in [0.717, 1.165) is 38.5 Å². The van der Waals surface area contributed by atoms with Crippen molar-refractivity contribution in [2.75, 3.05) is 20.3 Å². The fourth-order valence-electron chi connectivity index (χ4n) is 5.77. The van der Waals surface area contributed by atoms with E-state index in [1.807, 2.05) is 0 Å². The largest absolute Gasteiger partial charge is 0.493 e. The third-order valence-electron chi connectivity index (χ3n) is 8.37. The van der Waals surface area contributed by atoms with E-state index in [9.17, 15) is 24.5 Å². The molecular weight excluding hydrogens is 578 g/mol. The Bertz CT molecular complexity index is 1070. The number of esters is 2. The highest BCUT2D eigenvalue weighted by molar-refractivity contribution is 5.90. The van der Waals surface area contributed by atoms with Crippen molar-refractivity contribution in [2.24, 2.45) is 11.8 Å². The Morgan fingerprint density at radius 3 is 2.40 bits per heavy atom. The molecule has 0 radical (unpaired) electrons. The molecule has 2 atom stereocenters. The molecule has 1 aliphatic carbocycles. The molecule has 252 valence electrons. The zero-order valence-electron chi connectivity index (χ0n) is 27.3. The second kappa shape index (κ2) is 23.0. The average Bonchev–Trinajstić information content (AvgIpc) is 3.03. The zero-order valence-corrected chi connectivity index (χ0v) is 27.3. The van der Waals surface area contributed by atoms with Gasteiger partial charge in [0.2, 0.25) is 0 Å². The number of carbonyl (C=O) groups excluding carboxylic acids is 3. The number of nitrogens with zero attached hydrogens (tertiary/aromatic N) is 1. The summed E-state index contributed by atoms with van der Waals surface area (Å²) in [5, 5.41) is 9.28. The number of rotatable bonds is 24. The van der Waals surface area contributed by atoms with Gasteiger partial charge in [-0.2, -0.15) is 0 Å². The summed E-state index contributed by atoms with van der Waals surface area (Å²) in [7, 11) is 1.42. The minimum absolute atomic E-state index is 0.0564. The number of unbranched alkanes of at least 4 members (excludes halogenated alkanes) is 6. The van der Waals surface area contributed by atoms with E-state index in [1.165, 1.54) is 76.7 Å². The smallest absolute Gasteiger partial charge is 0.338 e. The third kappa shape index (κ3) is 16.5. The molecule has 2 rings (SSSR count). The Balaban J connectivity index is 1.67. The highest BCUT2D eigenvalue weighted by Gasteiger charge is 2.24. The highest BCUT2D eigenvalue weighted by Crippen LogP contribution is 2.36. The van der Waals surface area contributed by atoms with Gasteiger partial charge in [0.1, 0.15) is 5.78 Å². The maximum atomic E-state index is 12.5. The lowest BCUT2D eigenvalue weighted by atomic mass is 9.75. The molecule has 0 heterocycles. The Kier molecular flexibility index (Phi) is 19.3. The van der Waals surface area contributed by atoms with E-state index < -0.39 is 11.1 Å². The SMILES string of the molecule is CCCCCCCC(=O)CCC1CCCCC1C/C=C\CCCC(=O)Oc1ccc(C(=O)OCCCCO[N+](=O)[O-])cc1OC. The molecule has 0 bridgehead atoms. The van der Waals surface area contributed by atoms with Crippen molar-refractivity contribution in [3.05, 3.63) is 46.0 Å². The van der Waals surface area contributed by atoms with Gasteiger partial charge in [0, 0.05) is 19.3 Å². The van der Waals surface area contributed by atoms with Gasteiger partial charge in [-0.1, -0.05) is 64.0 Å². The predicted octanol–water partition coefficient (Wildman–Crippen LogP) is 8.38. The van der Waals surface area contributed by atoms with Crippen LogP contribution in [0.1, 0.15) is 133 Å². The van der Waals surface area contributed by atoms with Gasteiger partial charge in [0.15, 0.2) is 11.5 Å². The molecule has 1 saturated carbocycles. The molecule has 1 aliphatic rings. The van der Waals surface area contributed by atoms with Gasteiger partial charge in [-0.25, -0.2) is 4.79 Å². The van der Waals surface area contributed by atoms with Crippen LogP contribution in [-0.2, 0) is 19.2 Å². The molecule has 10 heteroatoms. The summed E-state index contributed by atoms with van der Waals surface area (Å²) >= 11 is 0. The van der Waals surface area contributed by atoms with Gasteiger partial charge in [0.05, 0.1) is 25.9 Å². The molecule has 10 nitrogen and oxygen atoms in total. The molecule has 0 saturated heterocycles. The van der Waals surface area contributed by atoms with Gasteiger partial charge >= 0.3 is 11.9 Å². The molecule has 1 aromatic rings. The average molecular weight is 632 g/mol. The van der Waals surface area contributed by atoms with Crippen LogP contribution in [0.25, 0.3) is 0 Å². The molecule has 2 unspecified atom stereocenters. The van der Waals surface area contributed by atoms with Crippen molar-refractivity contribution in [1.29, 1.82) is 0 Å². The Hall–Kier alpha value is -3.43. The van der Waals surface area contributed by atoms with Crippen LogP contribution in [0.4, 0.5) is 0 Å². The van der Waals surface area contributed by atoms with E-state index >= 15 is 0 Å². The first-order valence-corrected chi connectivity index (χ1v) is 16.8. The number of carbonyl (C=O) groups is 3. The fraction of sp³-hybridized carbons (Fsp3) is 0.686. The number of Topliss-reactive ketones (excluding diaryl/α,β-unsaturated/α-hetero) is 1. The molecule has 1 fully saturated rings. The molecule has 0 N–H and O–H groups in total. The Morgan fingerprint density at radius 2 is 1.64 bits per heavy atom. The molecular formula is C35H53NO9. The minimum Gasteiger partial charge on any atom is -0.493 e. The second-order valence-electron chi connectivity index (χ2n) is 11.9. The van der Waals surface area contributed by atoms with Gasteiger partial charge < -0.3 is 19.0 Å². The van der Waals surface area contributed by atoms with Crippen molar-refractivity contribution in [1.82, 2.24) is 0 Å². The number of methoxy groups -OCH3 is 1. The van der Waals surface area contributed by atoms with Crippen LogP contribution < -0.4 is 9.47 Å². The molecule has 0 aromatic heterocycles. The van der Waals surface area contributed by atoms with Crippen molar-refractivity contribution in [3.63, 3.8) is 0 Å². The van der Waals surface area contributed by atoms with Crippen molar-refractivity contribution < 1.29 is 38.5 Å². The van der Waals surface area contributed by atoms with Crippen LogP contribution in [0.2, 0.25) is 0 Å². The summed E-state index contributed by atoms with van der Waals surface area (Å²) < 4.78 is 16.0. The highest BCUT2D eigenvalue weighted by atomic mass is 16.9. The van der Waals surface area contributed by atoms with Crippen LogP contribution in [0, 0.1) is 22.0 Å². The number of hydrogen-bond donors (Lipinski definition) is 0. The van der Waals surface area contributed by atoms with Gasteiger partial charge in [-0.05, 0) is 81.4 Å². The number of ether oxygens (including phenoxy) is 3. The Morgan fingerprint density at radius 1 is 0.889 bits per heavy atom. The van der Waals surface area contributed by atoms with Crippen LogP contribution in [-0.4, -0.2) is 43.1 Å². The maximum Gasteiger partial charge on any atom is 0.338 e. The predicted molar refractivity (Wildman–Crippen MR) is 172 cm³/mol. The lowest BCUT2D eigenvalue weighted by Crippen LogP contribution is -2.20. The number of ketones is 1. The molecule has 0 spiro atoms. The Labute approximate surface area is 268 Å². The summed E-state index contributed by atoms with van der Waals surface area (Å²) in [5.74, 6) is 1.22. The van der Waals surface area contributed by atoms with E-state index in [4.69, 9.17) is 14.2 Å². The lowest BCUT2D eigenvalue weighted by Gasteiger charge is -2.31. The molecule has 0 amide bonds. The summed E-state index contributed by atoms with van der Waals surface area (Å²) in [5.41, 5.74) is 0.239. The maximum absolute atomic E-state index is 12.5. The fourth-order valence-corrected chi connectivity index (χ4v) is 5.77. The summed E-state index contributed by atoms with van der Waals surface area (Å²) in [4.78, 5) is 51.5. The van der Waals surface area contributed by atoms with E-state index in [1.54, 1.807) is 0 Å². The quantitative estimate of drug-likeness (QED) is 0.0276. The first-order valence-electron chi connectivity index (χ1n) is 16.8. The van der Waals surface area contributed by atoms with Gasteiger partial charge in [0.25, 0.3) is 5.09 Å². The summed E-state index contributed by atoms with van der Waals surface area (Å²) in [6.45, 7) is 2.24. The lowest BCUT2D eigenvalue weighted by molar-refractivity contribution is -0.757. The van der Waals surface area contributed by atoms with Crippen molar-refractivity contribution in [3.8, 4) is 11.5 Å². The van der Waals surface area contributed by atoms with E-state index in [-0.39, 0.29) is 42.7 Å². The van der Waals surface area contributed by atoms with E-state index in [2.05, 4.69) is 23.9 Å². The van der Waals surface area contributed by atoms with Crippen LogP contribution >= 0.6 is 0 Å². The molecule has 0 aliphatic heterocycles. The third-order valence-corrected chi connectivity index (χ3v) is 8.37. The zero-order chi connectivity index (χ0) is 32.7. The number of allylic oxidation sites excluding steroid dienone is 2. The van der Waals surface area contributed by atoms with E-state index in [0.29, 0.717) is 36.9 Å². The van der Waals surface area contributed by atoms with Crippen molar-refractivity contribution >= 4 is 17.7 Å². The van der Waals surface area contributed by atoms with Crippen LogP contribution in [0.5, 0.6) is 11.5 Å². The first kappa shape index (κ1) is 37.8. The number of benzene rings is 1. The van der Waals surface area contributed by atoms with Gasteiger partial charge in [-0.15, -0.1) is 10.1 Å². The van der Waals surface area contributed by atoms with Gasteiger partial charge in [-0.3, -0.25) is 9.59 Å². The summed E-state index contributed by atoms with van der Waals surface area (Å²) in [6.07, 6.45) is 21.3. The van der Waals surface area contributed by atoms with Crippen LogP contribution in [0.3, 0.4) is 0 Å². The standard InChI is InChI=1S/C35H53NO9/c1-3-4-5-6-10-19-31(37)23-21-29-18-13-12-17-28(29)16-9-7-8-11-20-34(38)45-32-24-22-30(27-33(32)42-2)35(39)43-25-14-15-26-44-36(40)41/h7,9,22,24,27-29H,3-6,8,10-21,23,25-26H2,1-2H3/b9-7-. The monoisotopic (exact) mass is 631 g/mol. The number of hydrogen-bond acceptors (Lipinski definition) is 9. The second-order valence-corrected chi connectivity index (χ2v) is 11.9. The van der Waals surface area contributed by atoms with Crippen LogP contribution in [0.15, 0.2) is 30.4 Å². The normalized spacial score (nSPS) is 16.3. The first-order chi connectivity index (χ1) is 21.8. The topological polar surface area (TPSA) is 131 Å². The molecule has 1 aromatic carbocycles.